The molecule has 0 aromatic carbocycles. The second-order valence-electron chi connectivity index (χ2n) is 3.78. The van der Waals surface area contributed by atoms with E-state index in [0.717, 1.165) is 5.57 Å². The summed E-state index contributed by atoms with van der Waals surface area (Å²) in [7, 11) is 0. The SMILES string of the molecule is C/C(=C\C[C@@H](O)[C@](C)(Br)CCl)[C@@H](O)CBr. The molecule has 0 fully saturated rings. The number of aliphatic hydroxyl groups excluding tert-OH is 2. The minimum Gasteiger partial charge on any atom is -0.391 e. The molecule has 0 aliphatic rings. The van der Waals surface area contributed by atoms with Gasteiger partial charge in [-0.05, 0) is 25.8 Å². The summed E-state index contributed by atoms with van der Waals surface area (Å²) in [5.41, 5.74) is 0.851. The molecule has 0 spiro atoms. The van der Waals surface area contributed by atoms with Crippen LogP contribution in [0.15, 0.2) is 11.6 Å². The standard InChI is InChI=1S/C10H17Br2ClO2/c1-7(8(14)5-11)3-4-9(15)10(2,12)6-13/h3,8-9,14-15H,4-6H2,1-2H3/b7-3+/t8-,9+,10+/m0/s1. The van der Waals surface area contributed by atoms with Gasteiger partial charge in [-0.1, -0.05) is 37.9 Å². The van der Waals surface area contributed by atoms with Gasteiger partial charge in [-0.3, -0.25) is 0 Å². The fraction of sp³-hybridized carbons (Fsp3) is 0.800. The first-order chi connectivity index (χ1) is 6.85. The molecule has 0 aliphatic heterocycles. The maximum atomic E-state index is 9.81. The Kier molecular flexibility index (Phi) is 7.72. The van der Waals surface area contributed by atoms with E-state index in [1.165, 1.54) is 0 Å². The summed E-state index contributed by atoms with van der Waals surface area (Å²) in [5.74, 6) is 0.335. The minimum atomic E-state index is -0.563. The van der Waals surface area contributed by atoms with Gasteiger partial charge in [0.05, 0.1) is 16.5 Å². The second kappa shape index (κ2) is 7.28. The Morgan fingerprint density at radius 2 is 2.07 bits per heavy atom. The summed E-state index contributed by atoms with van der Waals surface area (Å²) >= 11 is 12.3. The van der Waals surface area contributed by atoms with Gasteiger partial charge in [0.25, 0.3) is 0 Å². The Morgan fingerprint density at radius 3 is 2.47 bits per heavy atom. The van der Waals surface area contributed by atoms with E-state index >= 15 is 0 Å². The molecule has 0 amide bonds. The third-order valence-corrected chi connectivity index (χ3v) is 4.59. The van der Waals surface area contributed by atoms with Crippen LogP contribution in [0.2, 0.25) is 0 Å². The summed E-state index contributed by atoms with van der Waals surface area (Å²) in [5, 5.41) is 19.8. The third kappa shape index (κ3) is 5.68. The Bertz CT molecular complexity index is 219. The average molecular weight is 365 g/mol. The number of alkyl halides is 3. The highest BCUT2D eigenvalue weighted by Gasteiger charge is 2.28. The largest absolute Gasteiger partial charge is 0.391 e. The average Bonchev–Trinajstić information content (AvgIpc) is 2.23. The van der Waals surface area contributed by atoms with Crippen LogP contribution in [0.5, 0.6) is 0 Å². The molecule has 0 aromatic rings. The maximum Gasteiger partial charge on any atom is 0.0844 e. The van der Waals surface area contributed by atoms with Crippen molar-refractivity contribution >= 4 is 43.5 Å². The zero-order chi connectivity index (χ0) is 12.1. The lowest BCUT2D eigenvalue weighted by molar-refractivity contribution is 0.148. The molecule has 90 valence electrons. The summed E-state index contributed by atoms with van der Waals surface area (Å²) in [6, 6.07) is 0. The molecular weight excluding hydrogens is 347 g/mol. The van der Waals surface area contributed by atoms with Crippen molar-refractivity contribution in [1.29, 1.82) is 0 Å². The molecule has 5 heteroatoms. The Morgan fingerprint density at radius 1 is 1.53 bits per heavy atom. The van der Waals surface area contributed by atoms with Crippen LogP contribution in [0, 0.1) is 0 Å². The van der Waals surface area contributed by atoms with Gasteiger partial charge < -0.3 is 10.2 Å². The third-order valence-electron chi connectivity index (χ3n) is 2.29. The highest BCUT2D eigenvalue weighted by atomic mass is 79.9. The molecule has 0 heterocycles. The highest BCUT2D eigenvalue weighted by molar-refractivity contribution is 9.10. The minimum absolute atomic E-state index is 0.335. The number of halogens is 3. The first-order valence-electron chi connectivity index (χ1n) is 4.68. The highest BCUT2D eigenvalue weighted by Crippen LogP contribution is 2.26. The topological polar surface area (TPSA) is 40.5 Å². The summed E-state index contributed by atoms with van der Waals surface area (Å²) in [4.78, 5) is 0. The van der Waals surface area contributed by atoms with Crippen molar-refractivity contribution in [3.8, 4) is 0 Å². The predicted molar refractivity (Wildman–Crippen MR) is 72.2 cm³/mol. The van der Waals surface area contributed by atoms with Gasteiger partial charge in [-0.15, -0.1) is 11.6 Å². The molecule has 0 bridgehead atoms. The zero-order valence-electron chi connectivity index (χ0n) is 8.88. The van der Waals surface area contributed by atoms with E-state index in [-0.39, 0.29) is 0 Å². The Labute approximate surface area is 113 Å². The molecular formula is C10H17Br2ClO2. The molecule has 0 unspecified atom stereocenters. The number of hydrogen-bond donors (Lipinski definition) is 2. The molecule has 0 aliphatic carbocycles. The van der Waals surface area contributed by atoms with Crippen molar-refractivity contribution in [2.45, 2.75) is 36.8 Å². The van der Waals surface area contributed by atoms with Crippen LogP contribution in [0.25, 0.3) is 0 Å². The van der Waals surface area contributed by atoms with Crippen LogP contribution in [0.1, 0.15) is 20.3 Å². The van der Waals surface area contributed by atoms with Crippen LogP contribution in [0.3, 0.4) is 0 Å². The number of aliphatic hydroxyl groups is 2. The van der Waals surface area contributed by atoms with E-state index in [0.29, 0.717) is 17.6 Å². The maximum absolute atomic E-state index is 9.81. The van der Waals surface area contributed by atoms with Gasteiger partial charge in [0.1, 0.15) is 0 Å². The van der Waals surface area contributed by atoms with Gasteiger partial charge in [-0.25, -0.2) is 0 Å². The monoisotopic (exact) mass is 362 g/mol. The van der Waals surface area contributed by atoms with Gasteiger partial charge in [0.15, 0.2) is 0 Å². The van der Waals surface area contributed by atoms with E-state index in [9.17, 15) is 10.2 Å². The fourth-order valence-electron chi connectivity index (χ4n) is 0.890. The van der Waals surface area contributed by atoms with Crippen LogP contribution >= 0.6 is 43.5 Å². The van der Waals surface area contributed by atoms with E-state index in [2.05, 4.69) is 31.9 Å². The molecule has 0 aromatic heterocycles. The van der Waals surface area contributed by atoms with Crippen LogP contribution in [-0.2, 0) is 0 Å². The molecule has 3 atom stereocenters. The molecule has 0 saturated heterocycles. The second-order valence-corrected chi connectivity index (χ2v) is 6.51. The van der Waals surface area contributed by atoms with Crippen molar-refractivity contribution in [2.24, 2.45) is 0 Å². The number of hydrogen-bond acceptors (Lipinski definition) is 2. The first kappa shape index (κ1) is 15.9. The molecule has 2 N–H and O–H groups in total. The van der Waals surface area contributed by atoms with E-state index in [4.69, 9.17) is 11.6 Å². The summed E-state index contributed by atoms with van der Waals surface area (Å²) < 4.78 is -0.481. The van der Waals surface area contributed by atoms with E-state index in [1.54, 1.807) is 0 Å². The lowest BCUT2D eigenvalue weighted by atomic mass is 10.0. The van der Waals surface area contributed by atoms with Gasteiger partial charge >= 0.3 is 0 Å². The van der Waals surface area contributed by atoms with Crippen LogP contribution in [-0.4, -0.2) is 38.0 Å². The summed E-state index contributed by atoms with van der Waals surface area (Å²) in [6.45, 7) is 3.68. The van der Waals surface area contributed by atoms with Gasteiger partial charge in [0.2, 0.25) is 0 Å². The lowest BCUT2D eigenvalue weighted by Gasteiger charge is -2.25. The molecule has 0 saturated carbocycles. The lowest BCUT2D eigenvalue weighted by Crippen LogP contribution is -2.34. The quantitative estimate of drug-likeness (QED) is 0.562. The van der Waals surface area contributed by atoms with Crippen molar-refractivity contribution < 1.29 is 10.2 Å². The number of rotatable bonds is 6. The summed E-state index contributed by atoms with van der Waals surface area (Å²) in [6.07, 6.45) is 1.26. The van der Waals surface area contributed by atoms with E-state index in [1.807, 2.05) is 19.9 Å². The van der Waals surface area contributed by atoms with Gasteiger partial charge in [-0.2, -0.15) is 0 Å². The van der Waals surface area contributed by atoms with Crippen molar-refractivity contribution in [3.05, 3.63) is 11.6 Å². The molecule has 2 nitrogen and oxygen atoms in total. The molecule has 15 heavy (non-hydrogen) atoms. The van der Waals surface area contributed by atoms with Crippen LogP contribution in [0.4, 0.5) is 0 Å². The molecule has 0 radical (unpaired) electrons. The van der Waals surface area contributed by atoms with Crippen molar-refractivity contribution in [2.75, 3.05) is 11.2 Å². The van der Waals surface area contributed by atoms with Crippen LogP contribution < -0.4 is 0 Å². The van der Waals surface area contributed by atoms with Crippen molar-refractivity contribution in [1.82, 2.24) is 0 Å². The first-order valence-corrected chi connectivity index (χ1v) is 7.13. The van der Waals surface area contributed by atoms with E-state index < -0.39 is 16.5 Å². The molecule has 0 rings (SSSR count). The zero-order valence-corrected chi connectivity index (χ0v) is 12.8. The Hall–Kier alpha value is 0.910. The smallest absolute Gasteiger partial charge is 0.0844 e. The Balaban J connectivity index is 4.26. The van der Waals surface area contributed by atoms with Gasteiger partial charge in [0, 0.05) is 11.2 Å². The normalized spacial score (nSPS) is 20.9. The fourth-order valence-corrected chi connectivity index (χ4v) is 1.77. The predicted octanol–water partition coefficient (Wildman–Crippen LogP) is 2.83. The van der Waals surface area contributed by atoms with Crippen molar-refractivity contribution in [3.63, 3.8) is 0 Å².